The number of hydrogen-bond acceptors (Lipinski definition) is 2. The molecular formula is C17H27ClN2. The minimum Gasteiger partial charge on any atom is -0.356 e. The largest absolute Gasteiger partial charge is 0.356 e. The lowest BCUT2D eigenvalue weighted by atomic mass is 9.96. The fourth-order valence-electron chi connectivity index (χ4n) is 3.34. The lowest BCUT2D eigenvalue weighted by molar-refractivity contribution is 0.435. The van der Waals surface area contributed by atoms with Gasteiger partial charge in [-0.05, 0) is 50.7 Å². The molecule has 0 aliphatic carbocycles. The first-order chi connectivity index (χ1) is 9.65. The van der Waals surface area contributed by atoms with Crippen LogP contribution in [0.2, 0.25) is 0 Å². The van der Waals surface area contributed by atoms with Gasteiger partial charge in [0, 0.05) is 24.3 Å². The van der Waals surface area contributed by atoms with Crippen molar-refractivity contribution in [3.8, 4) is 0 Å². The molecule has 1 fully saturated rings. The molecule has 1 aromatic rings. The molecule has 0 saturated carbocycles. The first-order valence-electron chi connectivity index (χ1n) is 7.93. The molecule has 1 aromatic heterocycles. The third-order valence-corrected chi connectivity index (χ3v) is 4.70. The average Bonchev–Trinajstić information content (AvgIpc) is 2.64. The molecule has 0 spiro atoms. The van der Waals surface area contributed by atoms with Crippen molar-refractivity contribution in [1.29, 1.82) is 0 Å². The molecule has 20 heavy (non-hydrogen) atoms. The number of nitrogens with zero attached hydrogens (tertiary/aromatic N) is 2. The van der Waals surface area contributed by atoms with Crippen molar-refractivity contribution in [3.05, 3.63) is 22.9 Å². The number of alkyl halides is 1. The molecule has 0 bridgehead atoms. The van der Waals surface area contributed by atoms with Gasteiger partial charge in [-0.2, -0.15) is 0 Å². The third-order valence-electron chi connectivity index (χ3n) is 4.43. The fourth-order valence-corrected chi connectivity index (χ4v) is 3.67. The van der Waals surface area contributed by atoms with Gasteiger partial charge >= 0.3 is 0 Å². The van der Waals surface area contributed by atoms with Gasteiger partial charge in [-0.1, -0.05) is 19.8 Å². The molecule has 3 heteroatoms. The molecule has 2 nitrogen and oxygen atoms in total. The fraction of sp³-hybridized carbons (Fsp3) is 0.706. The Morgan fingerprint density at radius 2 is 2.10 bits per heavy atom. The quantitative estimate of drug-likeness (QED) is 0.738. The summed E-state index contributed by atoms with van der Waals surface area (Å²) in [6.07, 6.45) is 6.62. The van der Waals surface area contributed by atoms with Crippen LogP contribution in [-0.2, 0) is 5.88 Å². The Labute approximate surface area is 128 Å². The summed E-state index contributed by atoms with van der Waals surface area (Å²) in [6, 6.07) is 2.14. The van der Waals surface area contributed by atoms with E-state index in [2.05, 4.69) is 31.7 Å². The summed E-state index contributed by atoms with van der Waals surface area (Å²) in [5.74, 6) is 2.59. The highest BCUT2D eigenvalue weighted by atomic mass is 35.5. The van der Waals surface area contributed by atoms with Gasteiger partial charge in [-0.25, -0.2) is 4.98 Å². The van der Waals surface area contributed by atoms with Crippen molar-refractivity contribution in [3.63, 3.8) is 0 Å². The van der Waals surface area contributed by atoms with Gasteiger partial charge in [0.1, 0.15) is 5.82 Å². The Morgan fingerprint density at radius 1 is 1.30 bits per heavy atom. The van der Waals surface area contributed by atoms with Gasteiger partial charge < -0.3 is 4.90 Å². The summed E-state index contributed by atoms with van der Waals surface area (Å²) in [6.45, 7) is 8.77. The second kappa shape index (κ2) is 7.31. The molecule has 0 amide bonds. The Balaban J connectivity index is 2.19. The molecule has 0 N–H and O–H groups in total. The van der Waals surface area contributed by atoms with Crippen LogP contribution in [0.25, 0.3) is 0 Å². The molecular weight excluding hydrogens is 268 g/mol. The van der Waals surface area contributed by atoms with E-state index in [1.54, 1.807) is 0 Å². The number of anilines is 1. The molecule has 0 radical (unpaired) electrons. The smallest absolute Gasteiger partial charge is 0.133 e. The highest BCUT2D eigenvalue weighted by molar-refractivity contribution is 6.17. The van der Waals surface area contributed by atoms with Crippen molar-refractivity contribution in [2.24, 2.45) is 5.92 Å². The summed E-state index contributed by atoms with van der Waals surface area (Å²) in [7, 11) is 0. The number of aromatic nitrogens is 1. The molecule has 1 atom stereocenters. The minimum atomic E-state index is 0.559. The van der Waals surface area contributed by atoms with Crippen LogP contribution in [0.15, 0.2) is 6.07 Å². The van der Waals surface area contributed by atoms with E-state index in [-0.39, 0.29) is 0 Å². The van der Waals surface area contributed by atoms with Gasteiger partial charge in [-0.15, -0.1) is 11.6 Å². The second-order valence-corrected chi connectivity index (χ2v) is 6.36. The van der Waals surface area contributed by atoms with Gasteiger partial charge in [0.2, 0.25) is 0 Å². The first-order valence-corrected chi connectivity index (χ1v) is 8.47. The zero-order valence-electron chi connectivity index (χ0n) is 13.1. The Bertz CT molecular complexity index is 445. The van der Waals surface area contributed by atoms with Crippen LogP contribution in [-0.4, -0.2) is 18.1 Å². The van der Waals surface area contributed by atoms with E-state index in [1.807, 2.05) is 0 Å². The number of rotatable bonds is 4. The number of pyridine rings is 1. The van der Waals surface area contributed by atoms with Gasteiger partial charge in [0.05, 0.1) is 5.88 Å². The van der Waals surface area contributed by atoms with Crippen molar-refractivity contribution in [2.45, 2.75) is 58.8 Å². The van der Waals surface area contributed by atoms with Crippen molar-refractivity contribution in [2.75, 3.05) is 18.0 Å². The highest BCUT2D eigenvalue weighted by Crippen LogP contribution is 2.29. The third kappa shape index (κ3) is 3.66. The molecule has 2 rings (SSSR count). The monoisotopic (exact) mass is 294 g/mol. The Morgan fingerprint density at radius 3 is 2.80 bits per heavy atom. The number of halogens is 1. The van der Waals surface area contributed by atoms with Gasteiger partial charge in [0.25, 0.3) is 0 Å². The van der Waals surface area contributed by atoms with Crippen LogP contribution in [0.5, 0.6) is 0 Å². The predicted molar refractivity (Wildman–Crippen MR) is 87.7 cm³/mol. The van der Waals surface area contributed by atoms with E-state index in [9.17, 15) is 0 Å². The van der Waals surface area contributed by atoms with Crippen molar-refractivity contribution in [1.82, 2.24) is 4.98 Å². The van der Waals surface area contributed by atoms with E-state index in [0.717, 1.165) is 30.5 Å². The standard InChI is InChI=1S/C17H27ClN2/c1-4-6-15-7-5-9-20(10-8-15)17-16(12-18)13(2)11-14(3)19-17/h11,15H,4-10,12H2,1-3H3. The lowest BCUT2D eigenvalue weighted by Crippen LogP contribution is -2.27. The molecule has 1 unspecified atom stereocenters. The van der Waals surface area contributed by atoms with Crippen LogP contribution in [0.1, 0.15) is 55.8 Å². The normalized spacial score (nSPS) is 20.0. The van der Waals surface area contributed by atoms with Crippen LogP contribution in [0.3, 0.4) is 0 Å². The maximum Gasteiger partial charge on any atom is 0.133 e. The molecule has 1 aliphatic heterocycles. The zero-order chi connectivity index (χ0) is 14.5. The maximum atomic E-state index is 6.16. The molecule has 2 heterocycles. The molecule has 0 aromatic carbocycles. The zero-order valence-corrected chi connectivity index (χ0v) is 13.8. The Hall–Kier alpha value is -0.760. The summed E-state index contributed by atoms with van der Waals surface area (Å²) in [4.78, 5) is 7.25. The minimum absolute atomic E-state index is 0.559. The van der Waals surface area contributed by atoms with Crippen molar-refractivity contribution < 1.29 is 0 Å². The SMILES string of the molecule is CCCC1CCCN(c2nc(C)cc(C)c2CCl)CC1. The average molecular weight is 295 g/mol. The summed E-state index contributed by atoms with van der Waals surface area (Å²) in [5, 5.41) is 0. The van der Waals surface area contributed by atoms with E-state index >= 15 is 0 Å². The van der Waals surface area contributed by atoms with Crippen LogP contribution in [0, 0.1) is 19.8 Å². The number of aryl methyl sites for hydroxylation is 2. The summed E-state index contributed by atoms with van der Waals surface area (Å²) in [5.41, 5.74) is 3.59. The second-order valence-electron chi connectivity index (χ2n) is 6.09. The van der Waals surface area contributed by atoms with E-state index in [4.69, 9.17) is 16.6 Å². The van der Waals surface area contributed by atoms with Crippen LogP contribution >= 0.6 is 11.6 Å². The topological polar surface area (TPSA) is 16.1 Å². The maximum absolute atomic E-state index is 6.16. The van der Waals surface area contributed by atoms with E-state index in [0.29, 0.717) is 5.88 Å². The summed E-state index contributed by atoms with van der Waals surface area (Å²) < 4.78 is 0. The highest BCUT2D eigenvalue weighted by Gasteiger charge is 2.20. The molecule has 1 saturated heterocycles. The van der Waals surface area contributed by atoms with E-state index in [1.165, 1.54) is 43.2 Å². The summed E-state index contributed by atoms with van der Waals surface area (Å²) >= 11 is 6.16. The van der Waals surface area contributed by atoms with Crippen LogP contribution in [0.4, 0.5) is 5.82 Å². The van der Waals surface area contributed by atoms with Crippen LogP contribution < -0.4 is 4.90 Å². The van der Waals surface area contributed by atoms with Crippen molar-refractivity contribution >= 4 is 17.4 Å². The number of hydrogen-bond donors (Lipinski definition) is 0. The Kier molecular flexibility index (Phi) is 5.71. The first kappa shape index (κ1) is 15.6. The lowest BCUT2D eigenvalue weighted by Gasteiger charge is -2.25. The predicted octanol–water partition coefficient (Wildman–Crippen LogP) is 4.84. The van der Waals surface area contributed by atoms with E-state index < -0.39 is 0 Å². The van der Waals surface area contributed by atoms with Gasteiger partial charge in [0.15, 0.2) is 0 Å². The van der Waals surface area contributed by atoms with Gasteiger partial charge in [-0.3, -0.25) is 0 Å². The molecule has 1 aliphatic rings. The molecule has 112 valence electrons.